The highest BCUT2D eigenvalue weighted by atomic mass is 79.9. The first-order chi connectivity index (χ1) is 14.8. The van der Waals surface area contributed by atoms with Crippen LogP contribution < -0.4 is 10.2 Å². The molecule has 0 aromatic heterocycles. The van der Waals surface area contributed by atoms with Gasteiger partial charge in [0.15, 0.2) is 0 Å². The Kier molecular flexibility index (Phi) is 6.88. The summed E-state index contributed by atoms with van der Waals surface area (Å²) in [6, 6.07) is 17.2. The Labute approximate surface area is 185 Å². The van der Waals surface area contributed by atoms with E-state index >= 15 is 0 Å². The number of ether oxygens (including phenoxy) is 1. The normalized spacial score (nSPS) is 10.6. The second-order valence-corrected chi connectivity index (χ2v) is 7.31. The molecule has 0 atom stereocenters. The Balaban J connectivity index is 1.73. The minimum Gasteiger partial charge on any atom is -0.422 e. The van der Waals surface area contributed by atoms with Crippen LogP contribution in [0.4, 0.5) is 5.69 Å². The van der Waals surface area contributed by atoms with Gasteiger partial charge in [-0.25, -0.2) is 10.2 Å². The first kappa shape index (κ1) is 21.8. The largest absolute Gasteiger partial charge is 0.422 e. The Bertz CT molecular complexity index is 1180. The number of nitrogens with zero attached hydrogens (tertiary/aromatic N) is 2. The van der Waals surface area contributed by atoms with E-state index in [1.807, 2.05) is 19.1 Å². The summed E-state index contributed by atoms with van der Waals surface area (Å²) < 4.78 is 6.25. The number of rotatable bonds is 6. The average Bonchev–Trinajstić information content (AvgIpc) is 2.75. The van der Waals surface area contributed by atoms with Gasteiger partial charge in [-0.15, -0.1) is 0 Å². The summed E-state index contributed by atoms with van der Waals surface area (Å²) in [7, 11) is 0. The second kappa shape index (κ2) is 9.77. The highest BCUT2D eigenvalue weighted by molar-refractivity contribution is 9.10. The van der Waals surface area contributed by atoms with Crippen LogP contribution in [-0.2, 0) is 0 Å². The minimum atomic E-state index is -0.549. The molecular formula is C22H16BrN3O5. The molecule has 0 saturated heterocycles. The van der Waals surface area contributed by atoms with Crippen LogP contribution in [-0.4, -0.2) is 23.0 Å². The fourth-order valence-electron chi connectivity index (χ4n) is 2.63. The van der Waals surface area contributed by atoms with E-state index in [0.29, 0.717) is 11.1 Å². The molecule has 0 saturated carbocycles. The molecule has 0 unspecified atom stereocenters. The zero-order valence-electron chi connectivity index (χ0n) is 16.2. The lowest BCUT2D eigenvalue weighted by Gasteiger charge is -2.09. The summed E-state index contributed by atoms with van der Waals surface area (Å²) in [4.78, 5) is 34.8. The topological polar surface area (TPSA) is 111 Å². The summed E-state index contributed by atoms with van der Waals surface area (Å²) in [5.41, 5.74) is 4.13. The maximum absolute atomic E-state index is 12.5. The van der Waals surface area contributed by atoms with E-state index in [1.54, 1.807) is 30.3 Å². The Morgan fingerprint density at radius 1 is 1.10 bits per heavy atom. The van der Waals surface area contributed by atoms with Crippen LogP contribution in [0.3, 0.4) is 0 Å². The number of hydrogen-bond acceptors (Lipinski definition) is 6. The van der Waals surface area contributed by atoms with Crippen LogP contribution in [0.1, 0.15) is 31.8 Å². The predicted octanol–water partition coefficient (Wildman–Crippen LogP) is 4.65. The molecule has 3 rings (SSSR count). The molecule has 0 heterocycles. The molecular weight excluding hydrogens is 466 g/mol. The molecule has 3 aromatic rings. The zero-order chi connectivity index (χ0) is 22.4. The number of hydrazone groups is 1. The maximum Gasteiger partial charge on any atom is 0.343 e. The number of nitrogens with one attached hydrogen (secondary N) is 1. The lowest BCUT2D eigenvalue weighted by Crippen LogP contribution is -2.17. The van der Waals surface area contributed by atoms with E-state index in [4.69, 9.17) is 4.74 Å². The van der Waals surface area contributed by atoms with Crippen LogP contribution in [0.5, 0.6) is 5.75 Å². The van der Waals surface area contributed by atoms with Crippen molar-refractivity contribution in [1.82, 2.24) is 5.43 Å². The molecule has 1 amide bonds. The van der Waals surface area contributed by atoms with Gasteiger partial charge in [-0.2, -0.15) is 5.10 Å². The number of amides is 1. The molecule has 0 bridgehead atoms. The van der Waals surface area contributed by atoms with Gasteiger partial charge in [0.05, 0.1) is 16.7 Å². The van der Waals surface area contributed by atoms with E-state index in [9.17, 15) is 19.7 Å². The summed E-state index contributed by atoms with van der Waals surface area (Å²) in [6.07, 6.45) is 1.34. The van der Waals surface area contributed by atoms with Crippen molar-refractivity contribution in [3.8, 4) is 5.75 Å². The maximum atomic E-state index is 12.5. The van der Waals surface area contributed by atoms with Crippen molar-refractivity contribution in [3.63, 3.8) is 0 Å². The van der Waals surface area contributed by atoms with Gasteiger partial charge in [-0.3, -0.25) is 14.9 Å². The third kappa shape index (κ3) is 5.61. The number of esters is 1. The fraction of sp³-hybridized carbons (Fsp3) is 0.0455. The smallest absolute Gasteiger partial charge is 0.343 e. The van der Waals surface area contributed by atoms with Crippen LogP contribution in [0.2, 0.25) is 0 Å². The predicted molar refractivity (Wildman–Crippen MR) is 118 cm³/mol. The lowest BCUT2D eigenvalue weighted by molar-refractivity contribution is -0.384. The van der Waals surface area contributed by atoms with Gasteiger partial charge in [-0.1, -0.05) is 34.1 Å². The van der Waals surface area contributed by atoms with E-state index in [0.717, 1.165) is 10.0 Å². The summed E-state index contributed by atoms with van der Waals surface area (Å²) in [5.74, 6) is -0.783. The lowest BCUT2D eigenvalue weighted by atomic mass is 10.1. The van der Waals surface area contributed by atoms with Crippen molar-refractivity contribution in [3.05, 3.63) is 104 Å². The van der Waals surface area contributed by atoms with Crippen molar-refractivity contribution < 1.29 is 19.2 Å². The van der Waals surface area contributed by atoms with E-state index in [-0.39, 0.29) is 17.0 Å². The number of hydrogen-bond donors (Lipinski definition) is 1. The number of non-ortho nitro benzene ring substituents is 1. The molecule has 3 aromatic carbocycles. The number of carbonyl (C=O) groups excluding carboxylic acids is 2. The van der Waals surface area contributed by atoms with Crippen LogP contribution in [0.25, 0.3) is 0 Å². The van der Waals surface area contributed by atoms with Crippen LogP contribution in [0, 0.1) is 17.0 Å². The Morgan fingerprint density at radius 3 is 2.48 bits per heavy atom. The van der Waals surface area contributed by atoms with Crippen molar-refractivity contribution in [2.45, 2.75) is 6.92 Å². The molecule has 8 nitrogen and oxygen atoms in total. The highest BCUT2D eigenvalue weighted by Crippen LogP contribution is 2.23. The molecule has 31 heavy (non-hydrogen) atoms. The van der Waals surface area contributed by atoms with Gasteiger partial charge in [0.2, 0.25) is 0 Å². The molecule has 0 aliphatic heterocycles. The van der Waals surface area contributed by atoms with Gasteiger partial charge in [0.1, 0.15) is 5.75 Å². The number of benzene rings is 3. The molecule has 0 radical (unpaired) electrons. The average molecular weight is 482 g/mol. The first-order valence-corrected chi connectivity index (χ1v) is 9.79. The summed E-state index contributed by atoms with van der Waals surface area (Å²) >= 11 is 3.35. The quantitative estimate of drug-likeness (QED) is 0.181. The van der Waals surface area contributed by atoms with Crippen molar-refractivity contribution in [1.29, 1.82) is 0 Å². The number of aryl methyl sites for hydroxylation is 1. The monoisotopic (exact) mass is 481 g/mol. The Hall–Kier alpha value is -3.85. The second-order valence-electron chi connectivity index (χ2n) is 6.39. The third-order valence-electron chi connectivity index (χ3n) is 4.25. The molecule has 0 aliphatic rings. The van der Waals surface area contributed by atoms with Gasteiger partial charge in [0, 0.05) is 27.7 Å². The van der Waals surface area contributed by atoms with Crippen LogP contribution in [0.15, 0.2) is 76.3 Å². The SMILES string of the molecule is Cc1ccccc1C(=O)Oc1ccc(Br)cc1/C=N/NC(=O)c1ccc([N+](=O)[O-])cc1. The van der Waals surface area contributed by atoms with Crippen molar-refractivity contribution in [2.24, 2.45) is 5.10 Å². The van der Waals surface area contributed by atoms with Gasteiger partial charge in [0.25, 0.3) is 11.6 Å². The zero-order valence-corrected chi connectivity index (χ0v) is 17.8. The molecule has 0 spiro atoms. The molecule has 156 valence electrons. The third-order valence-corrected chi connectivity index (χ3v) is 4.74. The summed E-state index contributed by atoms with van der Waals surface area (Å²) in [6.45, 7) is 1.81. The standard InChI is InChI=1S/C22H16BrN3O5/c1-14-4-2-3-5-19(14)22(28)31-20-11-8-17(23)12-16(20)13-24-25-21(27)15-6-9-18(10-7-15)26(29)30/h2-13H,1H3,(H,25,27)/b24-13+. The van der Waals surface area contributed by atoms with E-state index < -0.39 is 16.8 Å². The number of carbonyl (C=O) groups is 2. The minimum absolute atomic E-state index is 0.116. The fourth-order valence-corrected chi connectivity index (χ4v) is 3.01. The molecule has 9 heteroatoms. The molecule has 1 N–H and O–H groups in total. The van der Waals surface area contributed by atoms with E-state index in [2.05, 4.69) is 26.5 Å². The molecule has 0 fully saturated rings. The number of halogens is 1. The Morgan fingerprint density at radius 2 is 1.81 bits per heavy atom. The van der Waals surface area contributed by atoms with Crippen molar-refractivity contribution >= 4 is 39.7 Å². The number of nitro groups is 1. The summed E-state index contributed by atoms with van der Waals surface area (Å²) in [5, 5.41) is 14.6. The molecule has 0 aliphatic carbocycles. The highest BCUT2D eigenvalue weighted by Gasteiger charge is 2.14. The van der Waals surface area contributed by atoms with Crippen LogP contribution >= 0.6 is 15.9 Å². The van der Waals surface area contributed by atoms with Gasteiger partial charge < -0.3 is 4.74 Å². The van der Waals surface area contributed by atoms with Gasteiger partial charge >= 0.3 is 5.97 Å². The van der Waals surface area contributed by atoms with E-state index in [1.165, 1.54) is 30.5 Å². The first-order valence-electron chi connectivity index (χ1n) is 9.00. The number of nitro benzene ring substituents is 1. The van der Waals surface area contributed by atoms with Crippen molar-refractivity contribution in [2.75, 3.05) is 0 Å². The van der Waals surface area contributed by atoms with Gasteiger partial charge in [-0.05, 0) is 48.9 Å².